The number of benzene rings is 1. The lowest BCUT2D eigenvalue weighted by Gasteiger charge is -2.26. The van der Waals surface area contributed by atoms with E-state index in [1.165, 1.54) is 0 Å². The lowest BCUT2D eigenvalue weighted by atomic mass is 10.2. The molecule has 10 heteroatoms. The fourth-order valence-corrected chi connectivity index (χ4v) is 4.16. The van der Waals surface area contributed by atoms with Crippen LogP contribution >= 0.6 is 11.8 Å². The maximum atomic E-state index is 11.3. The fraction of sp³-hybridized carbons (Fsp3) is 0.500. The zero-order chi connectivity index (χ0) is 18.6. The van der Waals surface area contributed by atoms with Crippen molar-refractivity contribution in [3.8, 4) is 11.4 Å². The van der Waals surface area contributed by atoms with Gasteiger partial charge in [0.25, 0.3) is 0 Å². The number of thioether (sulfide) groups is 1. The zero-order valence-corrected chi connectivity index (χ0v) is 16.5. The molecule has 1 N–H and O–H groups in total. The summed E-state index contributed by atoms with van der Waals surface area (Å²) < 4.78 is 32.3. The molecule has 0 saturated carbocycles. The van der Waals surface area contributed by atoms with Gasteiger partial charge < -0.3 is 9.30 Å². The molecule has 2 aromatic rings. The smallest absolute Gasteiger partial charge is 0.229 e. The van der Waals surface area contributed by atoms with Gasteiger partial charge in [-0.3, -0.25) is 9.62 Å². The van der Waals surface area contributed by atoms with E-state index < -0.39 is 10.0 Å². The highest BCUT2D eigenvalue weighted by Crippen LogP contribution is 2.24. The molecule has 0 aliphatic carbocycles. The Labute approximate surface area is 158 Å². The standard InChI is InChI=1S/C16H23N5O3S2/c1-20-15(13-3-5-14(6-4-13)19-26(2,22)23)17-18-16(20)25-12-9-21-7-10-24-11-8-21/h3-6,19H,7-12H2,1-2H3. The average Bonchev–Trinajstić information content (AvgIpc) is 2.96. The third-order valence-corrected chi connectivity index (χ3v) is 5.63. The molecule has 1 aromatic heterocycles. The molecule has 8 nitrogen and oxygen atoms in total. The summed E-state index contributed by atoms with van der Waals surface area (Å²) in [6, 6.07) is 7.10. The van der Waals surface area contributed by atoms with Crippen molar-refractivity contribution in [3.05, 3.63) is 24.3 Å². The number of anilines is 1. The Kier molecular flexibility index (Phi) is 6.17. The van der Waals surface area contributed by atoms with Crippen LogP contribution in [0.3, 0.4) is 0 Å². The van der Waals surface area contributed by atoms with Crippen molar-refractivity contribution < 1.29 is 13.2 Å². The Bertz CT molecular complexity index is 830. The molecule has 0 spiro atoms. The number of ether oxygens (including phenoxy) is 1. The summed E-state index contributed by atoms with van der Waals surface area (Å²) in [4.78, 5) is 2.39. The van der Waals surface area contributed by atoms with Gasteiger partial charge in [0.2, 0.25) is 10.0 Å². The van der Waals surface area contributed by atoms with Gasteiger partial charge in [0.1, 0.15) is 0 Å². The molecule has 0 unspecified atom stereocenters. The van der Waals surface area contributed by atoms with Crippen molar-refractivity contribution in [1.29, 1.82) is 0 Å². The molecule has 0 radical (unpaired) electrons. The lowest BCUT2D eigenvalue weighted by Crippen LogP contribution is -2.37. The van der Waals surface area contributed by atoms with Crippen molar-refractivity contribution in [2.24, 2.45) is 7.05 Å². The predicted molar refractivity (Wildman–Crippen MR) is 103 cm³/mol. The molecular formula is C16H23N5O3S2. The van der Waals surface area contributed by atoms with Gasteiger partial charge in [-0.1, -0.05) is 11.8 Å². The number of hydrogen-bond acceptors (Lipinski definition) is 7. The van der Waals surface area contributed by atoms with Gasteiger partial charge in [0.05, 0.1) is 19.5 Å². The Morgan fingerprint density at radius 1 is 1.19 bits per heavy atom. The molecule has 26 heavy (non-hydrogen) atoms. The summed E-state index contributed by atoms with van der Waals surface area (Å²) in [5.74, 6) is 1.70. The maximum absolute atomic E-state index is 11.3. The van der Waals surface area contributed by atoms with Crippen LogP contribution in [0, 0.1) is 0 Å². The first-order valence-corrected chi connectivity index (χ1v) is 11.2. The first-order chi connectivity index (χ1) is 12.4. The minimum Gasteiger partial charge on any atom is -0.379 e. The Hall–Kier alpha value is -1.62. The third-order valence-electron chi connectivity index (χ3n) is 4.02. The van der Waals surface area contributed by atoms with Gasteiger partial charge in [0, 0.05) is 43.7 Å². The minimum absolute atomic E-state index is 0.526. The number of sulfonamides is 1. The van der Waals surface area contributed by atoms with E-state index in [4.69, 9.17) is 4.74 Å². The van der Waals surface area contributed by atoms with E-state index in [2.05, 4.69) is 19.8 Å². The zero-order valence-electron chi connectivity index (χ0n) is 14.9. The molecule has 0 atom stereocenters. The van der Waals surface area contributed by atoms with Crippen LogP contribution in [0.4, 0.5) is 5.69 Å². The van der Waals surface area contributed by atoms with Crippen molar-refractivity contribution in [2.45, 2.75) is 5.16 Å². The molecule has 1 fully saturated rings. The van der Waals surface area contributed by atoms with E-state index in [1.807, 2.05) is 23.7 Å². The van der Waals surface area contributed by atoms with Crippen LogP contribution in [0.2, 0.25) is 0 Å². The van der Waals surface area contributed by atoms with Gasteiger partial charge in [-0.2, -0.15) is 0 Å². The maximum Gasteiger partial charge on any atom is 0.229 e. The van der Waals surface area contributed by atoms with Crippen LogP contribution in [0.25, 0.3) is 11.4 Å². The highest BCUT2D eigenvalue weighted by Gasteiger charge is 2.14. The minimum atomic E-state index is -3.28. The van der Waals surface area contributed by atoms with Crippen molar-refractivity contribution in [1.82, 2.24) is 19.7 Å². The highest BCUT2D eigenvalue weighted by molar-refractivity contribution is 7.99. The topological polar surface area (TPSA) is 89.3 Å². The van der Waals surface area contributed by atoms with Gasteiger partial charge in [-0.25, -0.2) is 8.42 Å². The number of hydrogen-bond donors (Lipinski definition) is 1. The third kappa shape index (κ3) is 5.19. The van der Waals surface area contributed by atoms with Crippen molar-refractivity contribution >= 4 is 27.5 Å². The summed E-state index contributed by atoms with van der Waals surface area (Å²) >= 11 is 1.68. The molecule has 3 rings (SSSR count). The molecule has 1 aliphatic rings. The van der Waals surface area contributed by atoms with Crippen LogP contribution < -0.4 is 4.72 Å². The summed E-state index contributed by atoms with van der Waals surface area (Å²) in [6.45, 7) is 4.59. The van der Waals surface area contributed by atoms with Crippen LogP contribution in [0.5, 0.6) is 0 Å². The molecule has 1 aliphatic heterocycles. The molecule has 1 aromatic carbocycles. The number of morpholine rings is 1. The molecule has 1 saturated heterocycles. The summed E-state index contributed by atoms with van der Waals surface area (Å²) in [7, 11) is -1.34. The van der Waals surface area contributed by atoms with E-state index >= 15 is 0 Å². The number of rotatable bonds is 7. The second kappa shape index (κ2) is 8.38. The Morgan fingerprint density at radius 2 is 1.88 bits per heavy atom. The number of nitrogens with zero attached hydrogens (tertiary/aromatic N) is 4. The molecule has 142 valence electrons. The van der Waals surface area contributed by atoms with E-state index in [1.54, 1.807) is 23.9 Å². The van der Waals surface area contributed by atoms with E-state index in [-0.39, 0.29) is 0 Å². The quantitative estimate of drug-likeness (QED) is 0.704. The van der Waals surface area contributed by atoms with Crippen LogP contribution in [-0.2, 0) is 21.8 Å². The first-order valence-electron chi connectivity index (χ1n) is 8.33. The van der Waals surface area contributed by atoms with Crippen molar-refractivity contribution in [2.75, 3.05) is 49.6 Å². The van der Waals surface area contributed by atoms with Crippen LogP contribution in [0.15, 0.2) is 29.4 Å². The molecule has 0 bridgehead atoms. The number of aromatic nitrogens is 3. The lowest BCUT2D eigenvalue weighted by molar-refractivity contribution is 0.0410. The predicted octanol–water partition coefficient (Wildman–Crippen LogP) is 1.28. The van der Waals surface area contributed by atoms with Gasteiger partial charge in [-0.05, 0) is 24.3 Å². The molecule has 2 heterocycles. The van der Waals surface area contributed by atoms with Gasteiger partial charge in [0.15, 0.2) is 11.0 Å². The second-order valence-electron chi connectivity index (χ2n) is 6.12. The van der Waals surface area contributed by atoms with Gasteiger partial charge in [-0.15, -0.1) is 10.2 Å². The summed E-state index contributed by atoms with van der Waals surface area (Å²) in [5, 5.41) is 9.42. The van der Waals surface area contributed by atoms with Crippen molar-refractivity contribution in [3.63, 3.8) is 0 Å². The number of nitrogens with one attached hydrogen (secondary N) is 1. The SMILES string of the molecule is Cn1c(SCCN2CCOCC2)nnc1-c1ccc(NS(C)(=O)=O)cc1. The normalized spacial score (nSPS) is 15.9. The Balaban J connectivity index is 1.61. The fourth-order valence-electron chi connectivity index (χ4n) is 2.68. The summed E-state index contributed by atoms with van der Waals surface area (Å²) in [5.41, 5.74) is 1.41. The monoisotopic (exact) mass is 397 g/mol. The van der Waals surface area contributed by atoms with E-state index in [0.717, 1.165) is 61.4 Å². The average molecular weight is 398 g/mol. The van der Waals surface area contributed by atoms with Gasteiger partial charge >= 0.3 is 0 Å². The first kappa shape index (κ1) is 19.2. The van der Waals surface area contributed by atoms with Crippen LogP contribution in [-0.4, -0.2) is 72.9 Å². The largest absolute Gasteiger partial charge is 0.379 e. The highest BCUT2D eigenvalue weighted by atomic mass is 32.2. The second-order valence-corrected chi connectivity index (χ2v) is 8.93. The molecule has 0 amide bonds. The van der Waals surface area contributed by atoms with Crippen LogP contribution in [0.1, 0.15) is 0 Å². The van der Waals surface area contributed by atoms with E-state index in [9.17, 15) is 8.42 Å². The van der Waals surface area contributed by atoms with E-state index in [0.29, 0.717) is 5.69 Å². The Morgan fingerprint density at radius 3 is 2.54 bits per heavy atom. The summed E-state index contributed by atoms with van der Waals surface area (Å²) in [6.07, 6.45) is 1.13. The molecular weight excluding hydrogens is 374 g/mol.